The van der Waals surface area contributed by atoms with Crippen molar-refractivity contribution >= 4 is 29.8 Å². The second-order valence-corrected chi connectivity index (χ2v) is 10.0. The van der Waals surface area contributed by atoms with Crippen LogP contribution in [0.1, 0.15) is 44.3 Å². The topological polar surface area (TPSA) is 72.6 Å². The van der Waals surface area contributed by atoms with Gasteiger partial charge >= 0.3 is 6.03 Å². The first-order chi connectivity index (χ1) is 17.5. The van der Waals surface area contributed by atoms with Crippen molar-refractivity contribution in [1.82, 2.24) is 19.7 Å². The third-order valence-corrected chi connectivity index (χ3v) is 7.07. The first-order valence-electron chi connectivity index (χ1n) is 12.9. The maximum atomic E-state index is 12.6. The molecular weight excluding hydrogens is 478 g/mol. The van der Waals surface area contributed by atoms with Crippen molar-refractivity contribution in [2.75, 3.05) is 52.9 Å². The molecule has 4 rings (SSSR count). The average Bonchev–Trinajstić information content (AvgIpc) is 3.45. The van der Waals surface area contributed by atoms with Gasteiger partial charge < -0.3 is 14.2 Å². The van der Waals surface area contributed by atoms with Gasteiger partial charge in [-0.05, 0) is 62.8 Å². The summed E-state index contributed by atoms with van der Waals surface area (Å²) in [7, 11) is 2.19. The normalized spacial score (nSPS) is 17.7. The Labute approximate surface area is 218 Å². The third kappa shape index (κ3) is 7.41. The number of nitrogens with zero attached hydrogens (tertiary/aromatic N) is 5. The van der Waals surface area contributed by atoms with Crippen LogP contribution in [0.2, 0.25) is 5.02 Å². The highest BCUT2D eigenvalue weighted by atomic mass is 35.5. The number of unbranched alkanes of at least 4 members (excludes halogenated alkanes) is 5. The van der Waals surface area contributed by atoms with Gasteiger partial charge in [0.1, 0.15) is 18.1 Å². The zero-order valence-corrected chi connectivity index (χ0v) is 21.8. The van der Waals surface area contributed by atoms with Crippen LogP contribution in [0.5, 0.6) is 0 Å². The van der Waals surface area contributed by atoms with E-state index in [2.05, 4.69) is 21.9 Å². The summed E-state index contributed by atoms with van der Waals surface area (Å²) in [6, 6.07) is 10.6. The van der Waals surface area contributed by atoms with E-state index in [1.54, 1.807) is 18.2 Å². The molecule has 1 aromatic carbocycles. The SMILES string of the molecule is CN1CCN(CCCCCCCCN2C(=O)CN(/N=C/c3ccc(-c4ccc(Cl)cc4)o3)C2=O)CC1. The lowest BCUT2D eigenvalue weighted by molar-refractivity contribution is -0.125. The van der Waals surface area contributed by atoms with Crippen molar-refractivity contribution in [1.29, 1.82) is 0 Å². The minimum atomic E-state index is -0.368. The molecule has 0 atom stereocenters. The summed E-state index contributed by atoms with van der Waals surface area (Å²) in [6.45, 7) is 6.32. The molecule has 0 radical (unpaired) electrons. The zero-order valence-electron chi connectivity index (χ0n) is 21.1. The molecule has 2 saturated heterocycles. The number of carbonyl (C=O) groups is 2. The van der Waals surface area contributed by atoms with Crippen LogP contribution in [0.3, 0.4) is 0 Å². The Morgan fingerprint density at radius 3 is 2.28 bits per heavy atom. The molecule has 0 N–H and O–H groups in total. The standard InChI is InChI=1S/C27H36ClN5O3/c1-30-16-18-31(19-17-30)14-6-4-2-3-5-7-15-32-26(34)21-33(27(32)35)29-20-24-12-13-25(36-24)22-8-10-23(28)11-9-22/h8-13,20H,2-7,14-19,21H2,1H3/b29-20+. The number of amides is 3. The molecule has 0 spiro atoms. The highest BCUT2D eigenvalue weighted by Gasteiger charge is 2.35. The summed E-state index contributed by atoms with van der Waals surface area (Å²) in [4.78, 5) is 31.2. The average molecular weight is 514 g/mol. The lowest BCUT2D eigenvalue weighted by atomic mass is 10.1. The molecule has 3 heterocycles. The van der Waals surface area contributed by atoms with Gasteiger partial charge in [-0.3, -0.25) is 9.69 Å². The minimum absolute atomic E-state index is 0.0353. The van der Waals surface area contributed by atoms with Crippen LogP contribution in [0.4, 0.5) is 4.79 Å². The molecule has 0 aliphatic carbocycles. The first-order valence-corrected chi connectivity index (χ1v) is 13.3. The molecule has 2 aliphatic heterocycles. The fourth-order valence-corrected chi connectivity index (χ4v) is 4.67. The van der Waals surface area contributed by atoms with Crippen LogP contribution >= 0.6 is 11.6 Å². The number of likely N-dealkylation sites (N-methyl/N-ethyl adjacent to an activating group) is 1. The lowest BCUT2D eigenvalue weighted by Crippen LogP contribution is -2.44. The number of piperazine rings is 1. The summed E-state index contributed by atoms with van der Waals surface area (Å²) in [5.74, 6) is 0.981. The number of hydrazone groups is 1. The van der Waals surface area contributed by atoms with Gasteiger partial charge in [0.15, 0.2) is 0 Å². The second-order valence-electron chi connectivity index (χ2n) is 9.61. The maximum Gasteiger partial charge on any atom is 0.347 e. The summed E-state index contributed by atoms with van der Waals surface area (Å²) in [6.07, 6.45) is 8.14. The van der Waals surface area contributed by atoms with Crippen molar-refractivity contribution in [2.45, 2.75) is 38.5 Å². The van der Waals surface area contributed by atoms with Gasteiger partial charge in [0.25, 0.3) is 5.91 Å². The van der Waals surface area contributed by atoms with Gasteiger partial charge in [0, 0.05) is 43.3 Å². The van der Waals surface area contributed by atoms with Gasteiger partial charge in [-0.2, -0.15) is 5.10 Å². The Hall–Kier alpha value is -2.68. The number of furan rings is 1. The number of carbonyl (C=O) groups excluding carboxylic acids is 2. The van der Waals surface area contributed by atoms with Crippen molar-refractivity contribution in [3.05, 3.63) is 47.2 Å². The number of halogens is 1. The molecule has 0 bridgehead atoms. The van der Waals surface area contributed by atoms with E-state index in [-0.39, 0.29) is 18.5 Å². The van der Waals surface area contributed by atoms with E-state index in [1.807, 2.05) is 18.2 Å². The van der Waals surface area contributed by atoms with Crippen LogP contribution in [0.25, 0.3) is 11.3 Å². The van der Waals surface area contributed by atoms with Crippen LogP contribution < -0.4 is 0 Å². The predicted molar refractivity (Wildman–Crippen MR) is 142 cm³/mol. The van der Waals surface area contributed by atoms with Crippen LogP contribution in [-0.2, 0) is 4.79 Å². The van der Waals surface area contributed by atoms with Crippen molar-refractivity contribution < 1.29 is 14.0 Å². The smallest absolute Gasteiger partial charge is 0.347 e. The van der Waals surface area contributed by atoms with Gasteiger partial charge in [0.2, 0.25) is 0 Å². The summed E-state index contributed by atoms with van der Waals surface area (Å²) < 4.78 is 5.78. The van der Waals surface area contributed by atoms with Crippen molar-refractivity contribution in [3.8, 4) is 11.3 Å². The Morgan fingerprint density at radius 1 is 0.889 bits per heavy atom. The molecule has 194 valence electrons. The Balaban J connectivity index is 1.12. The van der Waals surface area contributed by atoms with E-state index < -0.39 is 0 Å². The van der Waals surface area contributed by atoms with Crippen LogP contribution in [-0.4, -0.2) is 90.7 Å². The first kappa shape index (κ1) is 26.4. The molecule has 0 unspecified atom stereocenters. The fourth-order valence-electron chi connectivity index (χ4n) is 4.54. The van der Waals surface area contributed by atoms with Gasteiger partial charge in [-0.15, -0.1) is 0 Å². The molecule has 0 saturated carbocycles. The molecule has 2 fully saturated rings. The number of hydrogen-bond acceptors (Lipinski definition) is 6. The largest absolute Gasteiger partial charge is 0.455 e. The zero-order chi connectivity index (χ0) is 25.3. The number of rotatable bonds is 12. The molecular formula is C27H36ClN5O3. The highest BCUT2D eigenvalue weighted by molar-refractivity contribution is 6.30. The third-order valence-electron chi connectivity index (χ3n) is 6.82. The number of hydrogen-bond donors (Lipinski definition) is 0. The van der Waals surface area contributed by atoms with Crippen LogP contribution in [0.15, 0.2) is 45.9 Å². The molecule has 3 amide bonds. The Bertz CT molecular complexity index is 1030. The Morgan fingerprint density at radius 2 is 1.56 bits per heavy atom. The molecule has 2 aliphatic rings. The lowest BCUT2D eigenvalue weighted by Gasteiger charge is -2.32. The van der Waals surface area contributed by atoms with E-state index in [1.165, 1.54) is 68.1 Å². The fraction of sp³-hybridized carbons (Fsp3) is 0.519. The Kier molecular flexibility index (Phi) is 9.55. The number of urea groups is 1. The monoisotopic (exact) mass is 513 g/mol. The van der Waals surface area contributed by atoms with Crippen molar-refractivity contribution in [2.24, 2.45) is 5.10 Å². The summed E-state index contributed by atoms with van der Waals surface area (Å²) in [5.41, 5.74) is 0.896. The quantitative estimate of drug-likeness (QED) is 0.232. The van der Waals surface area contributed by atoms with E-state index in [9.17, 15) is 9.59 Å². The molecule has 36 heavy (non-hydrogen) atoms. The molecule has 2 aromatic rings. The number of benzene rings is 1. The molecule has 1 aromatic heterocycles. The number of imide groups is 1. The minimum Gasteiger partial charge on any atom is -0.455 e. The predicted octanol–water partition coefficient (Wildman–Crippen LogP) is 4.79. The summed E-state index contributed by atoms with van der Waals surface area (Å²) >= 11 is 5.93. The van der Waals surface area contributed by atoms with Gasteiger partial charge in [-0.1, -0.05) is 37.3 Å². The van der Waals surface area contributed by atoms with E-state index in [0.717, 1.165) is 24.8 Å². The van der Waals surface area contributed by atoms with Crippen LogP contribution in [0, 0.1) is 0 Å². The summed E-state index contributed by atoms with van der Waals surface area (Å²) in [5, 5.41) is 6.05. The van der Waals surface area contributed by atoms with E-state index in [0.29, 0.717) is 23.1 Å². The van der Waals surface area contributed by atoms with Gasteiger partial charge in [-0.25, -0.2) is 9.80 Å². The van der Waals surface area contributed by atoms with E-state index >= 15 is 0 Å². The van der Waals surface area contributed by atoms with Crippen molar-refractivity contribution in [3.63, 3.8) is 0 Å². The maximum absolute atomic E-state index is 12.6. The van der Waals surface area contributed by atoms with Gasteiger partial charge in [0.05, 0.1) is 6.21 Å². The molecule has 8 nitrogen and oxygen atoms in total. The molecule has 9 heteroatoms. The second kappa shape index (κ2) is 13.0. The van der Waals surface area contributed by atoms with E-state index in [4.69, 9.17) is 16.0 Å². The highest BCUT2D eigenvalue weighted by Crippen LogP contribution is 2.23.